The molecule has 0 atom stereocenters. The highest BCUT2D eigenvalue weighted by Gasteiger charge is 2.46. The van der Waals surface area contributed by atoms with Crippen LogP contribution in [0.25, 0.3) is 0 Å². The van der Waals surface area contributed by atoms with Gasteiger partial charge in [0.15, 0.2) is 5.41 Å². The maximum Gasteiger partial charge on any atom is 0.323 e. The van der Waals surface area contributed by atoms with Gasteiger partial charge in [-0.15, -0.1) is 6.58 Å². The third kappa shape index (κ3) is 3.88. The summed E-state index contributed by atoms with van der Waals surface area (Å²) in [6.07, 6.45) is 5.01. The van der Waals surface area contributed by atoms with Crippen LogP contribution in [0.15, 0.2) is 12.7 Å². The zero-order valence-corrected chi connectivity index (χ0v) is 11.0. The molecule has 17 heavy (non-hydrogen) atoms. The van der Waals surface area contributed by atoms with Crippen LogP contribution in [0.2, 0.25) is 0 Å². The van der Waals surface area contributed by atoms with Crippen LogP contribution in [0.3, 0.4) is 0 Å². The molecule has 0 heterocycles. The zero-order valence-electron chi connectivity index (χ0n) is 11.0. The van der Waals surface area contributed by atoms with Gasteiger partial charge < -0.3 is 9.47 Å². The third-order valence-corrected chi connectivity index (χ3v) is 2.85. The summed E-state index contributed by atoms with van der Waals surface area (Å²) in [5.41, 5.74) is -1.22. The van der Waals surface area contributed by atoms with E-state index in [1.165, 1.54) is 14.2 Å². The number of allylic oxidation sites excluding steroid dienone is 1. The van der Waals surface area contributed by atoms with Gasteiger partial charge in [0.25, 0.3) is 0 Å². The molecule has 0 spiro atoms. The molecule has 4 heteroatoms. The standard InChI is InChI=1S/C13H22O4/c1-5-7-8-10-13(9-6-2,11(14)16-3)12(15)17-4/h6H,2,5,7-10H2,1,3-4H3. The van der Waals surface area contributed by atoms with Crippen molar-refractivity contribution >= 4 is 11.9 Å². The third-order valence-electron chi connectivity index (χ3n) is 2.85. The Hall–Kier alpha value is -1.32. The highest BCUT2D eigenvalue weighted by molar-refractivity contribution is 6.00. The topological polar surface area (TPSA) is 52.6 Å². The summed E-state index contributed by atoms with van der Waals surface area (Å²) in [5, 5.41) is 0. The van der Waals surface area contributed by atoms with Crippen molar-refractivity contribution < 1.29 is 19.1 Å². The molecule has 0 aromatic heterocycles. The summed E-state index contributed by atoms with van der Waals surface area (Å²) in [6, 6.07) is 0. The monoisotopic (exact) mass is 242 g/mol. The van der Waals surface area contributed by atoms with E-state index in [1.54, 1.807) is 6.08 Å². The summed E-state index contributed by atoms with van der Waals surface area (Å²) in [5.74, 6) is -1.08. The van der Waals surface area contributed by atoms with Gasteiger partial charge in [0, 0.05) is 0 Å². The van der Waals surface area contributed by atoms with E-state index in [1.807, 2.05) is 0 Å². The summed E-state index contributed by atoms with van der Waals surface area (Å²) in [7, 11) is 2.56. The van der Waals surface area contributed by atoms with Crippen LogP contribution in [-0.4, -0.2) is 26.2 Å². The average Bonchev–Trinajstić information content (AvgIpc) is 2.35. The number of rotatable bonds is 8. The highest BCUT2D eigenvalue weighted by Crippen LogP contribution is 2.33. The lowest BCUT2D eigenvalue weighted by atomic mass is 9.79. The fourth-order valence-corrected chi connectivity index (χ4v) is 1.87. The largest absolute Gasteiger partial charge is 0.468 e. The van der Waals surface area contributed by atoms with E-state index in [2.05, 4.69) is 13.5 Å². The Balaban J connectivity index is 5.01. The van der Waals surface area contributed by atoms with Crippen molar-refractivity contribution in [2.45, 2.75) is 39.0 Å². The number of ether oxygens (including phenoxy) is 2. The Kier molecular flexibility index (Phi) is 7.26. The molecule has 0 aliphatic rings. The van der Waals surface area contributed by atoms with Gasteiger partial charge in [-0.25, -0.2) is 0 Å². The van der Waals surface area contributed by atoms with Crippen LogP contribution in [-0.2, 0) is 19.1 Å². The number of methoxy groups -OCH3 is 2. The number of hydrogen-bond acceptors (Lipinski definition) is 4. The van der Waals surface area contributed by atoms with E-state index in [-0.39, 0.29) is 6.42 Å². The molecule has 0 aromatic rings. The van der Waals surface area contributed by atoms with Gasteiger partial charge in [-0.3, -0.25) is 9.59 Å². The first-order valence-corrected chi connectivity index (χ1v) is 5.86. The Bertz CT molecular complexity index is 255. The van der Waals surface area contributed by atoms with E-state index >= 15 is 0 Å². The van der Waals surface area contributed by atoms with Gasteiger partial charge in [0.1, 0.15) is 0 Å². The van der Waals surface area contributed by atoms with E-state index < -0.39 is 17.4 Å². The maximum absolute atomic E-state index is 11.8. The predicted molar refractivity (Wildman–Crippen MR) is 65.4 cm³/mol. The SMILES string of the molecule is C=CCC(CCCCC)(C(=O)OC)C(=O)OC. The van der Waals surface area contributed by atoms with Crippen LogP contribution >= 0.6 is 0 Å². The highest BCUT2D eigenvalue weighted by atomic mass is 16.5. The van der Waals surface area contributed by atoms with E-state index in [4.69, 9.17) is 9.47 Å². The minimum Gasteiger partial charge on any atom is -0.468 e. The van der Waals surface area contributed by atoms with Crippen LogP contribution in [0.1, 0.15) is 39.0 Å². The second-order valence-corrected chi connectivity index (χ2v) is 4.02. The zero-order chi connectivity index (χ0) is 13.3. The molecule has 0 N–H and O–H groups in total. The minimum atomic E-state index is -1.22. The maximum atomic E-state index is 11.8. The Morgan fingerprint density at radius 1 is 1.18 bits per heavy atom. The van der Waals surface area contributed by atoms with Crippen molar-refractivity contribution in [1.82, 2.24) is 0 Å². The van der Waals surface area contributed by atoms with Crippen LogP contribution < -0.4 is 0 Å². The number of carbonyl (C=O) groups excluding carboxylic acids is 2. The molecule has 0 amide bonds. The van der Waals surface area contributed by atoms with Crippen LogP contribution in [0.4, 0.5) is 0 Å². The molecular formula is C13H22O4. The number of unbranched alkanes of at least 4 members (excludes halogenated alkanes) is 2. The molecule has 0 radical (unpaired) electrons. The van der Waals surface area contributed by atoms with Gasteiger partial charge in [-0.05, 0) is 12.8 Å². The van der Waals surface area contributed by atoms with Crippen molar-refractivity contribution in [3.8, 4) is 0 Å². The second-order valence-electron chi connectivity index (χ2n) is 4.02. The fraction of sp³-hybridized carbons (Fsp3) is 0.692. The summed E-state index contributed by atoms with van der Waals surface area (Å²) >= 11 is 0. The smallest absolute Gasteiger partial charge is 0.323 e. The van der Waals surface area contributed by atoms with Gasteiger partial charge >= 0.3 is 11.9 Å². The molecule has 0 saturated carbocycles. The lowest BCUT2D eigenvalue weighted by Crippen LogP contribution is -2.41. The minimum absolute atomic E-state index is 0.246. The Morgan fingerprint density at radius 3 is 2.06 bits per heavy atom. The molecule has 0 saturated heterocycles. The van der Waals surface area contributed by atoms with Crippen molar-refractivity contribution in [2.24, 2.45) is 5.41 Å². The summed E-state index contributed by atoms with van der Waals surface area (Å²) in [6.45, 7) is 5.65. The first-order chi connectivity index (χ1) is 8.08. The molecular weight excluding hydrogens is 220 g/mol. The van der Waals surface area contributed by atoms with Crippen molar-refractivity contribution in [2.75, 3.05) is 14.2 Å². The van der Waals surface area contributed by atoms with E-state index in [0.29, 0.717) is 6.42 Å². The molecule has 0 aromatic carbocycles. The van der Waals surface area contributed by atoms with Gasteiger partial charge in [0.05, 0.1) is 14.2 Å². The van der Waals surface area contributed by atoms with Crippen LogP contribution in [0, 0.1) is 5.41 Å². The molecule has 0 aliphatic heterocycles. The first kappa shape index (κ1) is 15.7. The fourth-order valence-electron chi connectivity index (χ4n) is 1.87. The average molecular weight is 242 g/mol. The van der Waals surface area contributed by atoms with Gasteiger partial charge in [-0.1, -0.05) is 32.3 Å². The lowest BCUT2D eigenvalue weighted by molar-refractivity contribution is -0.169. The molecule has 4 nitrogen and oxygen atoms in total. The summed E-state index contributed by atoms with van der Waals surface area (Å²) in [4.78, 5) is 23.7. The number of carbonyl (C=O) groups is 2. The Labute approximate surface area is 103 Å². The normalized spacial score (nSPS) is 10.8. The predicted octanol–water partition coefficient (Wildman–Crippen LogP) is 2.48. The second kappa shape index (κ2) is 7.87. The Morgan fingerprint density at radius 2 is 1.71 bits per heavy atom. The molecule has 0 fully saturated rings. The van der Waals surface area contributed by atoms with Crippen molar-refractivity contribution in [1.29, 1.82) is 0 Å². The molecule has 98 valence electrons. The van der Waals surface area contributed by atoms with E-state index in [0.717, 1.165) is 19.3 Å². The van der Waals surface area contributed by atoms with Crippen molar-refractivity contribution in [3.05, 3.63) is 12.7 Å². The molecule has 0 unspecified atom stereocenters. The number of hydrogen-bond donors (Lipinski definition) is 0. The first-order valence-electron chi connectivity index (χ1n) is 5.86. The van der Waals surface area contributed by atoms with Crippen LogP contribution in [0.5, 0.6) is 0 Å². The lowest BCUT2D eigenvalue weighted by Gasteiger charge is -2.26. The van der Waals surface area contributed by atoms with Gasteiger partial charge in [-0.2, -0.15) is 0 Å². The number of esters is 2. The van der Waals surface area contributed by atoms with Gasteiger partial charge in [0.2, 0.25) is 0 Å². The summed E-state index contributed by atoms with van der Waals surface area (Å²) < 4.78 is 9.47. The quantitative estimate of drug-likeness (QED) is 0.284. The van der Waals surface area contributed by atoms with Crippen molar-refractivity contribution in [3.63, 3.8) is 0 Å². The molecule has 0 rings (SSSR count). The molecule has 0 aliphatic carbocycles. The molecule has 0 bridgehead atoms. The van der Waals surface area contributed by atoms with E-state index in [9.17, 15) is 9.59 Å².